The zero-order chi connectivity index (χ0) is 20.5. The molecule has 0 aliphatic carbocycles. The number of nitrogens with zero attached hydrogens (tertiary/aromatic N) is 3. The van der Waals surface area contributed by atoms with E-state index < -0.39 is 5.60 Å². The Kier molecular flexibility index (Phi) is 6.04. The second-order valence-corrected chi connectivity index (χ2v) is 9.31. The van der Waals surface area contributed by atoms with E-state index in [0.717, 1.165) is 43.9 Å². The number of piperazine rings is 1. The van der Waals surface area contributed by atoms with E-state index in [1.54, 1.807) is 0 Å². The predicted octanol–water partition coefficient (Wildman–Crippen LogP) is 4.36. The summed E-state index contributed by atoms with van der Waals surface area (Å²) in [5.74, 6) is 0.432. The number of carbonyl (C=O) groups excluding carboxylic acids is 1. The minimum Gasteiger partial charge on any atom is -0.443 e. The van der Waals surface area contributed by atoms with Gasteiger partial charge in [-0.05, 0) is 70.3 Å². The molecular weight excluding hydrogens is 350 g/mol. The number of allylic oxidation sites excluding steroid dienone is 1. The van der Waals surface area contributed by atoms with Crippen molar-refractivity contribution in [1.29, 1.82) is 0 Å². The zero-order valence-corrected chi connectivity index (χ0v) is 18.3. The van der Waals surface area contributed by atoms with Crippen LogP contribution < -0.4 is 4.90 Å². The molecule has 1 aromatic rings. The fraction of sp³-hybridized carbons (Fsp3) is 0.609. The normalized spacial score (nSPS) is 21.5. The van der Waals surface area contributed by atoms with Crippen LogP contribution >= 0.6 is 0 Å². The number of likely N-dealkylation sites (N-methyl/N-ethyl adjacent to an activating group) is 1. The van der Waals surface area contributed by atoms with Gasteiger partial charge in [0.15, 0.2) is 0 Å². The number of amides is 1. The molecule has 0 saturated carbocycles. The Labute approximate surface area is 169 Å². The maximum absolute atomic E-state index is 12.8. The van der Waals surface area contributed by atoms with E-state index in [1.165, 1.54) is 11.3 Å². The van der Waals surface area contributed by atoms with Gasteiger partial charge in [0, 0.05) is 38.4 Å². The van der Waals surface area contributed by atoms with E-state index in [2.05, 4.69) is 55.0 Å². The molecule has 2 aliphatic rings. The smallest absolute Gasteiger partial charge is 0.414 e. The molecule has 0 spiro atoms. The molecule has 1 atom stereocenters. The summed E-state index contributed by atoms with van der Waals surface area (Å²) in [5.41, 5.74) is 4.12. The molecule has 1 fully saturated rings. The first-order valence-electron chi connectivity index (χ1n) is 10.4. The van der Waals surface area contributed by atoms with Crippen molar-refractivity contribution in [3.05, 3.63) is 35.4 Å². The Balaban J connectivity index is 1.84. The minimum atomic E-state index is -0.496. The Bertz CT molecular complexity index is 743. The van der Waals surface area contributed by atoms with Crippen molar-refractivity contribution in [2.75, 3.05) is 44.7 Å². The van der Waals surface area contributed by atoms with Gasteiger partial charge in [-0.2, -0.15) is 0 Å². The Hall–Kier alpha value is -2.01. The molecule has 1 amide bonds. The number of rotatable bonds is 2. The van der Waals surface area contributed by atoms with Gasteiger partial charge < -0.3 is 14.5 Å². The highest BCUT2D eigenvalue weighted by atomic mass is 16.6. The van der Waals surface area contributed by atoms with Gasteiger partial charge in [-0.25, -0.2) is 4.79 Å². The summed E-state index contributed by atoms with van der Waals surface area (Å²) < 4.78 is 5.67. The van der Waals surface area contributed by atoms with E-state index in [1.807, 2.05) is 25.7 Å². The lowest BCUT2D eigenvalue weighted by Crippen LogP contribution is -2.44. The topological polar surface area (TPSA) is 36.0 Å². The molecule has 28 heavy (non-hydrogen) atoms. The van der Waals surface area contributed by atoms with Crippen molar-refractivity contribution in [2.24, 2.45) is 5.92 Å². The van der Waals surface area contributed by atoms with Crippen molar-refractivity contribution < 1.29 is 9.53 Å². The van der Waals surface area contributed by atoms with Gasteiger partial charge in [-0.3, -0.25) is 4.90 Å². The third-order valence-corrected chi connectivity index (χ3v) is 5.45. The Morgan fingerprint density at radius 3 is 2.43 bits per heavy atom. The Morgan fingerprint density at radius 1 is 1.14 bits per heavy atom. The maximum Gasteiger partial charge on any atom is 0.414 e. The zero-order valence-electron chi connectivity index (χ0n) is 18.3. The van der Waals surface area contributed by atoms with Crippen LogP contribution in [0.4, 0.5) is 10.5 Å². The van der Waals surface area contributed by atoms with Gasteiger partial charge in [0.2, 0.25) is 0 Å². The van der Waals surface area contributed by atoms with E-state index in [9.17, 15) is 4.79 Å². The average molecular weight is 386 g/mol. The summed E-state index contributed by atoms with van der Waals surface area (Å²) in [6, 6.07) is 6.58. The van der Waals surface area contributed by atoms with Gasteiger partial charge in [0.1, 0.15) is 5.60 Å². The molecular formula is C23H35N3O2. The van der Waals surface area contributed by atoms with Crippen LogP contribution in [0.1, 0.15) is 45.2 Å². The molecule has 0 bridgehead atoms. The van der Waals surface area contributed by atoms with Crippen LogP contribution in [0, 0.1) is 12.8 Å². The second kappa shape index (κ2) is 8.16. The molecule has 3 rings (SSSR count). The van der Waals surface area contributed by atoms with Crippen molar-refractivity contribution in [1.82, 2.24) is 9.80 Å². The third kappa shape index (κ3) is 4.88. The highest BCUT2D eigenvalue weighted by Gasteiger charge is 2.29. The molecule has 5 nitrogen and oxygen atoms in total. The SMILES string of the molecule is Cc1cc(C2=CC[C@H](C)CN2C(=O)OC(C)(C)C)ccc1N1CCN(C)CC1. The Morgan fingerprint density at radius 2 is 1.82 bits per heavy atom. The van der Waals surface area contributed by atoms with Crippen LogP contribution in [0.5, 0.6) is 0 Å². The van der Waals surface area contributed by atoms with Crippen molar-refractivity contribution in [3.8, 4) is 0 Å². The van der Waals surface area contributed by atoms with Gasteiger partial charge in [-0.1, -0.05) is 19.1 Å². The average Bonchev–Trinajstić information content (AvgIpc) is 2.61. The van der Waals surface area contributed by atoms with Gasteiger partial charge in [-0.15, -0.1) is 0 Å². The molecule has 0 N–H and O–H groups in total. The third-order valence-electron chi connectivity index (χ3n) is 5.45. The highest BCUT2D eigenvalue weighted by molar-refractivity contribution is 5.83. The van der Waals surface area contributed by atoms with Gasteiger partial charge in [0.25, 0.3) is 0 Å². The summed E-state index contributed by atoms with van der Waals surface area (Å²) >= 11 is 0. The lowest BCUT2D eigenvalue weighted by Gasteiger charge is -2.36. The lowest BCUT2D eigenvalue weighted by atomic mass is 9.97. The monoisotopic (exact) mass is 385 g/mol. The predicted molar refractivity (Wildman–Crippen MR) is 116 cm³/mol. The second-order valence-electron chi connectivity index (χ2n) is 9.31. The molecule has 1 saturated heterocycles. The fourth-order valence-electron chi connectivity index (χ4n) is 3.89. The molecule has 1 aromatic carbocycles. The van der Waals surface area contributed by atoms with Gasteiger partial charge >= 0.3 is 6.09 Å². The van der Waals surface area contributed by atoms with Crippen molar-refractivity contribution in [3.63, 3.8) is 0 Å². The van der Waals surface area contributed by atoms with E-state index in [-0.39, 0.29) is 6.09 Å². The largest absolute Gasteiger partial charge is 0.443 e. The van der Waals surface area contributed by atoms with Gasteiger partial charge in [0.05, 0.1) is 5.70 Å². The quantitative estimate of drug-likeness (QED) is 0.758. The highest BCUT2D eigenvalue weighted by Crippen LogP contribution is 2.32. The van der Waals surface area contributed by atoms with E-state index in [0.29, 0.717) is 12.5 Å². The number of carbonyl (C=O) groups is 1. The van der Waals surface area contributed by atoms with Crippen LogP contribution in [0.2, 0.25) is 0 Å². The van der Waals surface area contributed by atoms with Crippen LogP contribution in [-0.4, -0.2) is 61.3 Å². The first kappa shape index (κ1) is 20.7. The molecule has 0 unspecified atom stereocenters. The summed E-state index contributed by atoms with van der Waals surface area (Å²) in [6.07, 6.45) is 2.90. The standard InChI is InChI=1S/C23H35N3O2/c1-17-7-9-21(26(16-17)22(27)28-23(3,4)5)19-8-10-20(18(2)15-19)25-13-11-24(6)12-14-25/h8-10,15,17H,7,11-14,16H2,1-6H3/t17-/m0/s1. The van der Waals surface area contributed by atoms with Crippen molar-refractivity contribution in [2.45, 2.75) is 46.6 Å². The number of benzene rings is 1. The molecule has 0 radical (unpaired) electrons. The molecule has 0 aromatic heterocycles. The first-order valence-corrected chi connectivity index (χ1v) is 10.4. The minimum absolute atomic E-state index is 0.258. The molecule has 5 heteroatoms. The number of aryl methyl sites for hydroxylation is 1. The summed E-state index contributed by atoms with van der Waals surface area (Å²) in [5, 5.41) is 0. The summed E-state index contributed by atoms with van der Waals surface area (Å²) in [7, 11) is 2.18. The van der Waals surface area contributed by atoms with Crippen LogP contribution in [0.25, 0.3) is 5.70 Å². The number of hydrogen-bond acceptors (Lipinski definition) is 4. The van der Waals surface area contributed by atoms with Crippen LogP contribution in [-0.2, 0) is 4.74 Å². The molecule has 2 aliphatic heterocycles. The molecule has 154 valence electrons. The summed E-state index contributed by atoms with van der Waals surface area (Å²) in [4.78, 5) is 19.5. The van der Waals surface area contributed by atoms with Crippen molar-refractivity contribution >= 4 is 17.5 Å². The van der Waals surface area contributed by atoms with Crippen LogP contribution in [0.15, 0.2) is 24.3 Å². The number of ether oxygens (including phenoxy) is 1. The first-order chi connectivity index (χ1) is 13.1. The number of hydrogen-bond donors (Lipinski definition) is 0. The summed E-state index contributed by atoms with van der Waals surface area (Å²) in [6.45, 7) is 15.1. The van der Waals surface area contributed by atoms with Crippen LogP contribution in [0.3, 0.4) is 0 Å². The number of anilines is 1. The lowest BCUT2D eigenvalue weighted by molar-refractivity contribution is 0.0327. The van der Waals surface area contributed by atoms with E-state index >= 15 is 0 Å². The maximum atomic E-state index is 12.8. The van der Waals surface area contributed by atoms with E-state index in [4.69, 9.17) is 4.74 Å². The fourth-order valence-corrected chi connectivity index (χ4v) is 3.89. The molecule has 2 heterocycles.